The van der Waals surface area contributed by atoms with Gasteiger partial charge in [-0.1, -0.05) is 19.9 Å². The number of carbonyl (C=O) groups is 1. The Balaban J connectivity index is 2.75. The fourth-order valence-electron chi connectivity index (χ4n) is 1.87. The number of rotatable bonds is 6. The van der Waals surface area contributed by atoms with Crippen molar-refractivity contribution >= 4 is 5.97 Å². The van der Waals surface area contributed by atoms with Crippen molar-refractivity contribution in [2.24, 2.45) is 5.92 Å². The molecule has 0 unspecified atom stereocenters. The fraction of sp³-hybridized carbons (Fsp3) is 0.562. The molecule has 3 heteroatoms. The lowest BCUT2D eigenvalue weighted by Crippen LogP contribution is -2.07. The van der Waals surface area contributed by atoms with Crippen molar-refractivity contribution in [1.29, 1.82) is 0 Å². The number of methoxy groups -OCH3 is 1. The van der Waals surface area contributed by atoms with E-state index >= 15 is 0 Å². The zero-order valence-electron chi connectivity index (χ0n) is 12.6. The van der Waals surface area contributed by atoms with Gasteiger partial charge in [-0.25, -0.2) is 0 Å². The molecule has 0 aliphatic carbocycles. The Morgan fingerprint density at radius 3 is 2.47 bits per heavy atom. The second-order valence-electron chi connectivity index (χ2n) is 5.33. The molecule has 0 N–H and O–H groups in total. The minimum absolute atomic E-state index is 0.169. The Hall–Kier alpha value is -1.51. The molecule has 0 bridgehead atoms. The molecular formula is C16H24O3. The Morgan fingerprint density at radius 1 is 1.21 bits per heavy atom. The number of hydrogen-bond acceptors (Lipinski definition) is 3. The van der Waals surface area contributed by atoms with Gasteiger partial charge >= 0.3 is 5.97 Å². The van der Waals surface area contributed by atoms with Crippen molar-refractivity contribution in [3.05, 3.63) is 28.8 Å². The van der Waals surface area contributed by atoms with Crippen LogP contribution < -0.4 is 4.74 Å². The molecule has 0 saturated carbocycles. The van der Waals surface area contributed by atoms with Crippen LogP contribution in [0.5, 0.6) is 5.75 Å². The SMILES string of the molecule is COC(=O)CCc1cc(C)c(OCC(C)C)cc1C. The highest BCUT2D eigenvalue weighted by molar-refractivity contribution is 5.69. The van der Waals surface area contributed by atoms with Gasteiger partial charge in [0.05, 0.1) is 13.7 Å². The van der Waals surface area contributed by atoms with Crippen LogP contribution in [0.1, 0.15) is 37.0 Å². The van der Waals surface area contributed by atoms with E-state index in [9.17, 15) is 4.79 Å². The van der Waals surface area contributed by atoms with Crippen molar-refractivity contribution in [1.82, 2.24) is 0 Å². The van der Waals surface area contributed by atoms with Gasteiger partial charge in [0.2, 0.25) is 0 Å². The van der Waals surface area contributed by atoms with E-state index in [0.29, 0.717) is 18.8 Å². The summed E-state index contributed by atoms with van der Waals surface area (Å²) in [5, 5.41) is 0. The van der Waals surface area contributed by atoms with Crippen LogP contribution in [-0.4, -0.2) is 19.7 Å². The number of ether oxygens (including phenoxy) is 2. The number of aryl methyl sites for hydroxylation is 3. The van der Waals surface area contributed by atoms with Crippen molar-refractivity contribution in [3.8, 4) is 5.75 Å². The average molecular weight is 264 g/mol. The molecule has 0 aliphatic rings. The van der Waals surface area contributed by atoms with Crippen molar-refractivity contribution in [2.45, 2.75) is 40.5 Å². The summed E-state index contributed by atoms with van der Waals surface area (Å²) in [6.07, 6.45) is 1.13. The molecular weight excluding hydrogens is 240 g/mol. The molecule has 106 valence electrons. The first kappa shape index (κ1) is 15.5. The molecule has 1 aromatic carbocycles. The second-order valence-corrected chi connectivity index (χ2v) is 5.33. The van der Waals surface area contributed by atoms with E-state index in [1.54, 1.807) is 0 Å². The van der Waals surface area contributed by atoms with Gasteiger partial charge in [-0.15, -0.1) is 0 Å². The summed E-state index contributed by atoms with van der Waals surface area (Å²) in [5.74, 6) is 1.28. The molecule has 0 atom stereocenters. The highest BCUT2D eigenvalue weighted by Crippen LogP contribution is 2.24. The van der Waals surface area contributed by atoms with Crippen LogP contribution in [0.4, 0.5) is 0 Å². The van der Waals surface area contributed by atoms with Crippen molar-refractivity contribution in [3.63, 3.8) is 0 Å². The van der Waals surface area contributed by atoms with Gasteiger partial charge in [-0.2, -0.15) is 0 Å². The summed E-state index contributed by atoms with van der Waals surface area (Å²) in [4.78, 5) is 11.2. The first-order valence-corrected chi connectivity index (χ1v) is 6.73. The lowest BCUT2D eigenvalue weighted by molar-refractivity contribution is -0.140. The average Bonchev–Trinajstić information content (AvgIpc) is 2.37. The minimum atomic E-state index is -0.169. The highest BCUT2D eigenvalue weighted by Gasteiger charge is 2.08. The second kappa shape index (κ2) is 7.17. The van der Waals surface area contributed by atoms with Crippen LogP contribution in [0.2, 0.25) is 0 Å². The van der Waals surface area contributed by atoms with Gasteiger partial charge in [0.1, 0.15) is 5.75 Å². The van der Waals surface area contributed by atoms with Gasteiger partial charge in [0.15, 0.2) is 0 Å². The summed E-state index contributed by atoms with van der Waals surface area (Å²) < 4.78 is 10.5. The third-order valence-corrected chi connectivity index (χ3v) is 3.03. The summed E-state index contributed by atoms with van der Waals surface area (Å²) in [6, 6.07) is 4.16. The first-order valence-electron chi connectivity index (χ1n) is 6.73. The Labute approximate surface area is 115 Å². The summed E-state index contributed by atoms with van der Waals surface area (Å²) in [7, 11) is 1.42. The van der Waals surface area contributed by atoms with Gasteiger partial charge in [0, 0.05) is 6.42 Å². The smallest absolute Gasteiger partial charge is 0.305 e. The number of esters is 1. The van der Waals surface area contributed by atoms with Crippen LogP contribution in [0.3, 0.4) is 0 Å². The first-order chi connectivity index (χ1) is 8.93. The Kier molecular flexibility index (Phi) is 5.87. The van der Waals surface area contributed by atoms with E-state index in [4.69, 9.17) is 4.74 Å². The van der Waals surface area contributed by atoms with Crippen LogP contribution >= 0.6 is 0 Å². The van der Waals surface area contributed by atoms with Crippen molar-refractivity contribution in [2.75, 3.05) is 13.7 Å². The fourth-order valence-corrected chi connectivity index (χ4v) is 1.87. The molecule has 0 amide bonds. The molecule has 0 aromatic heterocycles. The molecule has 0 radical (unpaired) electrons. The molecule has 0 fully saturated rings. The third-order valence-electron chi connectivity index (χ3n) is 3.03. The summed E-state index contributed by atoms with van der Waals surface area (Å²) >= 11 is 0. The lowest BCUT2D eigenvalue weighted by Gasteiger charge is -2.14. The largest absolute Gasteiger partial charge is 0.493 e. The van der Waals surface area contributed by atoms with Gasteiger partial charge in [0.25, 0.3) is 0 Å². The van der Waals surface area contributed by atoms with E-state index in [1.165, 1.54) is 12.7 Å². The maximum absolute atomic E-state index is 11.2. The van der Waals surface area contributed by atoms with Gasteiger partial charge in [-0.05, 0) is 48.9 Å². The molecule has 0 spiro atoms. The van der Waals surface area contributed by atoms with Crippen LogP contribution in [-0.2, 0) is 16.0 Å². The van der Waals surface area contributed by atoms with Crippen LogP contribution in [0.25, 0.3) is 0 Å². The quantitative estimate of drug-likeness (QED) is 0.738. The van der Waals surface area contributed by atoms with Crippen molar-refractivity contribution < 1.29 is 14.3 Å². The molecule has 1 aromatic rings. The Bertz CT molecular complexity index is 436. The van der Waals surface area contributed by atoms with Crippen LogP contribution in [0, 0.1) is 19.8 Å². The topological polar surface area (TPSA) is 35.5 Å². The van der Waals surface area contributed by atoms with Gasteiger partial charge in [-0.3, -0.25) is 4.79 Å². The summed E-state index contributed by atoms with van der Waals surface area (Å²) in [6.45, 7) is 9.08. The molecule has 0 heterocycles. The predicted molar refractivity (Wildman–Crippen MR) is 76.6 cm³/mol. The van der Waals surface area contributed by atoms with E-state index in [1.807, 2.05) is 13.8 Å². The maximum Gasteiger partial charge on any atom is 0.305 e. The van der Waals surface area contributed by atoms with E-state index < -0.39 is 0 Å². The normalized spacial score (nSPS) is 10.6. The Morgan fingerprint density at radius 2 is 1.89 bits per heavy atom. The highest BCUT2D eigenvalue weighted by atomic mass is 16.5. The van der Waals surface area contributed by atoms with E-state index in [2.05, 4.69) is 30.7 Å². The predicted octanol–water partition coefficient (Wildman–Crippen LogP) is 3.44. The molecule has 0 aliphatic heterocycles. The molecule has 3 nitrogen and oxygen atoms in total. The molecule has 19 heavy (non-hydrogen) atoms. The van der Waals surface area contributed by atoms with Crippen LogP contribution in [0.15, 0.2) is 12.1 Å². The summed E-state index contributed by atoms with van der Waals surface area (Å²) in [5.41, 5.74) is 3.46. The molecule has 0 saturated heterocycles. The van der Waals surface area contributed by atoms with E-state index in [-0.39, 0.29) is 5.97 Å². The maximum atomic E-state index is 11.2. The zero-order valence-corrected chi connectivity index (χ0v) is 12.6. The van der Waals surface area contributed by atoms with Gasteiger partial charge < -0.3 is 9.47 Å². The third kappa shape index (κ3) is 4.93. The monoisotopic (exact) mass is 264 g/mol. The zero-order chi connectivity index (χ0) is 14.4. The lowest BCUT2D eigenvalue weighted by atomic mass is 10.0. The van der Waals surface area contributed by atoms with E-state index in [0.717, 1.165) is 23.5 Å². The standard InChI is InChI=1S/C16H24O3/c1-11(2)10-19-15-9-12(3)14(8-13(15)4)6-7-16(17)18-5/h8-9,11H,6-7,10H2,1-5H3. The number of benzene rings is 1. The minimum Gasteiger partial charge on any atom is -0.493 e. The number of hydrogen-bond donors (Lipinski definition) is 0. The molecule has 1 rings (SSSR count). The number of carbonyl (C=O) groups excluding carboxylic acids is 1.